The Morgan fingerprint density at radius 3 is 0.985 bits per heavy atom. The first kappa shape index (κ1) is 104. The average molecular weight is 2410 g/mol. The molecule has 11 aromatic carbocycles. The minimum atomic E-state index is -3.47. The maximum absolute atomic E-state index is 12.9. The summed E-state index contributed by atoms with van der Waals surface area (Å²) in [5, 5.41) is 13.0. The first-order valence-corrected chi connectivity index (χ1v) is 63.3. The molecular weight excluding hydrogens is 2290 g/mol. The predicted molar refractivity (Wildman–Crippen MR) is 571 cm³/mol. The Balaban J connectivity index is 0.000000154. The second-order valence-electron chi connectivity index (χ2n) is 39.4. The van der Waals surface area contributed by atoms with Gasteiger partial charge in [-0.05, 0) is 139 Å². The molecular formula is C119H118Ir3N6O2SSi5-6. The molecule has 0 saturated carbocycles. The molecule has 0 amide bonds. The van der Waals surface area contributed by atoms with E-state index in [0.717, 1.165) is 97.9 Å². The van der Waals surface area contributed by atoms with Crippen LogP contribution in [0.3, 0.4) is 0 Å². The van der Waals surface area contributed by atoms with Crippen LogP contribution in [0.5, 0.6) is 0 Å². The predicted octanol–water partition coefficient (Wildman–Crippen LogP) is 23.5. The Bertz CT molecular complexity index is 6660. The average Bonchev–Trinajstić information content (AvgIpc) is 1.53. The molecule has 8 nitrogen and oxygen atoms in total. The number of hydrogen-bond acceptors (Lipinski definition) is 8. The van der Waals surface area contributed by atoms with Crippen molar-refractivity contribution in [3.8, 4) is 101 Å². The van der Waals surface area contributed by atoms with Gasteiger partial charge in [-0.2, -0.15) is 0 Å². The smallest absolute Gasteiger partial charge is 0.173 e. The van der Waals surface area contributed by atoms with Gasteiger partial charge < -0.3 is 29.9 Å². The number of fused-ring (bicyclic) bond motifs is 9. The Morgan fingerprint density at radius 2 is 0.618 bits per heavy atom. The molecule has 17 heteroatoms. The Labute approximate surface area is 854 Å². The van der Waals surface area contributed by atoms with Crippen LogP contribution in [0.1, 0.15) is 58.2 Å². The zero-order chi connectivity index (χ0) is 93.8. The second kappa shape index (κ2) is 45.7. The van der Waals surface area contributed by atoms with Crippen molar-refractivity contribution in [3.63, 3.8) is 0 Å². The molecule has 9 heterocycles. The number of nitrogens with zero attached hydrogens (tertiary/aromatic N) is 6. The van der Waals surface area contributed by atoms with Crippen LogP contribution in [0.25, 0.3) is 101 Å². The maximum atomic E-state index is 12.9. The van der Waals surface area contributed by atoms with Gasteiger partial charge in [0.15, 0.2) is 9.84 Å². The zero-order valence-electron chi connectivity index (χ0n) is 80.7. The van der Waals surface area contributed by atoms with Gasteiger partial charge in [-0.3, -0.25) is 0 Å². The van der Waals surface area contributed by atoms with E-state index in [1.165, 1.54) is 80.4 Å². The third-order valence-corrected chi connectivity index (χ3v) is 40.7. The van der Waals surface area contributed by atoms with Crippen molar-refractivity contribution in [1.82, 2.24) is 29.9 Å². The van der Waals surface area contributed by atoms with Crippen molar-refractivity contribution in [2.75, 3.05) is 0 Å². The van der Waals surface area contributed by atoms with E-state index < -0.39 is 50.2 Å². The fourth-order valence-electron chi connectivity index (χ4n) is 18.2. The topological polar surface area (TPSA) is 111 Å². The van der Waals surface area contributed by atoms with Crippen molar-refractivity contribution in [3.05, 3.63) is 406 Å². The van der Waals surface area contributed by atoms with E-state index >= 15 is 0 Å². The minimum Gasteiger partial charge on any atom is -0.305 e. The van der Waals surface area contributed by atoms with Crippen molar-refractivity contribution in [1.29, 1.82) is 0 Å². The normalized spacial score (nSPS) is 12.8. The maximum Gasteiger partial charge on any atom is 0.173 e. The quantitative estimate of drug-likeness (QED) is 0.0655. The molecule has 0 bridgehead atoms. The van der Waals surface area contributed by atoms with Gasteiger partial charge in [0.05, 0.1) is 37.2 Å². The van der Waals surface area contributed by atoms with Gasteiger partial charge in [0.2, 0.25) is 0 Å². The number of aromatic nitrogens is 6. The Hall–Kier alpha value is -10.7. The van der Waals surface area contributed by atoms with Gasteiger partial charge in [0.1, 0.15) is 8.07 Å². The molecule has 20 rings (SSSR count). The molecule has 3 aliphatic rings. The monoisotopic (exact) mass is 2410 g/mol. The van der Waals surface area contributed by atoms with Crippen molar-refractivity contribution in [2.45, 2.75) is 143 Å². The Morgan fingerprint density at radius 1 is 0.294 bits per heavy atom. The minimum absolute atomic E-state index is 0. The van der Waals surface area contributed by atoms with Crippen LogP contribution in [0.2, 0.25) is 72.0 Å². The van der Waals surface area contributed by atoms with E-state index in [0.29, 0.717) is 27.5 Å². The van der Waals surface area contributed by atoms with Gasteiger partial charge in [0.25, 0.3) is 0 Å². The van der Waals surface area contributed by atoms with Gasteiger partial charge >= 0.3 is 0 Å². The number of hydrogen-bond donors (Lipinski definition) is 0. The van der Waals surface area contributed by atoms with Crippen LogP contribution in [-0.4, -0.2) is 78.7 Å². The van der Waals surface area contributed by atoms with Crippen LogP contribution in [0, 0.1) is 54.2 Å². The van der Waals surface area contributed by atoms with Crippen molar-refractivity contribution in [2.24, 2.45) is 17.8 Å². The second-order valence-corrected chi connectivity index (χ2v) is 64.5. The summed E-state index contributed by atoms with van der Waals surface area (Å²) in [7, 11) is -12.4. The molecule has 6 aromatic heterocycles. The number of sulfone groups is 1. The van der Waals surface area contributed by atoms with Gasteiger partial charge in [0, 0.05) is 97.5 Å². The van der Waals surface area contributed by atoms with Crippen LogP contribution >= 0.6 is 0 Å². The molecule has 0 aliphatic carbocycles. The fraction of sp³-hybridized carbons (Fsp3) is 0.193. The van der Waals surface area contributed by atoms with Gasteiger partial charge in [-0.25, -0.2) is 8.42 Å². The van der Waals surface area contributed by atoms with Gasteiger partial charge in [-0.15, -0.1) is 189 Å². The Kier molecular flexibility index (Phi) is 35.0. The molecule has 3 radical (unpaired) electrons. The van der Waals surface area contributed by atoms with Crippen LogP contribution in [0.4, 0.5) is 0 Å². The molecule has 0 saturated heterocycles. The van der Waals surface area contributed by atoms with E-state index in [9.17, 15) is 8.42 Å². The summed E-state index contributed by atoms with van der Waals surface area (Å²) in [4.78, 5) is 28.3. The molecule has 17 aromatic rings. The molecule has 695 valence electrons. The van der Waals surface area contributed by atoms with Crippen LogP contribution < -0.4 is 46.7 Å². The third kappa shape index (κ3) is 23.8. The molecule has 136 heavy (non-hydrogen) atoms. The molecule has 0 atom stereocenters. The number of rotatable bonds is 17. The first-order valence-electron chi connectivity index (χ1n) is 46.3. The summed E-state index contributed by atoms with van der Waals surface area (Å²) in [5.74, 6) is 1.84. The van der Waals surface area contributed by atoms with E-state index in [4.69, 9.17) is 15.0 Å². The standard InChI is InChI=1S/C36H36NSi2.C26H32NSi2.C24H26NO2SSi.3C11H8N.3Ir/c1-26(2)22-27-23-35(38(3,4)5)36(37-25-27)28-20-21-34-32(24-28)31-18-12-13-19-33(31)39(34,29-14-8-6-9-15-29)30-16-10-7-11-17-30;1-18(2)14-19-15-25(28(3,4)5)26(27-17-19)20-12-13-24-22(16-20)21-10-8-9-11-23(21)29(24,6)7;1-16(2)12-17-13-23(29(3,4)5)24(25-15-17)18-10-11-22-20(14-18)19-8-6-7-9-21(19)28(22,26)27;3*1-2-6-10(7-3-1)11-8-4-5-9-12-11;;;/h6-19,21,23-26H,22H2,1-5H3;8-11,13,15-18H,14H2,1-7H3;6-9,11,13-16H,12H2,1-5H3;3*1-6,8-9H;;;/q6*-1;;;. The summed E-state index contributed by atoms with van der Waals surface area (Å²) < 4.78 is 25.7. The number of benzene rings is 11. The largest absolute Gasteiger partial charge is 0.305 e. The molecule has 0 fully saturated rings. The molecule has 0 unspecified atom stereocenters. The summed E-state index contributed by atoms with van der Waals surface area (Å²) in [6, 6.07) is 129. The van der Waals surface area contributed by atoms with Crippen molar-refractivity contribution >= 4 is 96.9 Å². The third-order valence-electron chi connectivity index (χ3n) is 24.5. The van der Waals surface area contributed by atoms with E-state index in [1.807, 2.05) is 152 Å². The summed E-state index contributed by atoms with van der Waals surface area (Å²) in [6.07, 6.45) is 14.7. The van der Waals surface area contributed by atoms with Gasteiger partial charge in [-0.1, -0.05) is 343 Å². The fourth-order valence-corrected chi connectivity index (χ4v) is 32.6. The van der Waals surface area contributed by atoms with Crippen LogP contribution in [-0.2, 0) is 89.4 Å². The summed E-state index contributed by atoms with van der Waals surface area (Å²) in [6.45, 7) is 40.0. The van der Waals surface area contributed by atoms with Crippen molar-refractivity contribution < 1.29 is 68.7 Å². The molecule has 0 N–H and O–H groups in total. The summed E-state index contributed by atoms with van der Waals surface area (Å²) in [5.41, 5.74) is 23.4. The SMILES string of the molecule is CC(C)Cc1cnc(-c2[c-]cc3c(c2)-c2ccccc2S3(=O)=O)c([Si](C)(C)C)c1.CC(C)Cc1cnc(-c2[c-]cc3c(c2)-c2ccccc2[Si]3(C)C)c([Si](C)(C)C)c1.CC(C)Cc1cnc(-c2[c-]cc3c(c2)-c2ccccc2[Si]3(c2ccccc2)c2ccccc2)c([Si](C)(C)C)c1.[Ir].[Ir].[Ir].[c-]1ccccc1-c1ccccn1.[c-]1ccccc1-c1ccccn1.[c-]1ccccc1-c1ccccn1. The van der Waals surface area contributed by atoms with E-state index in [-0.39, 0.29) is 60.3 Å². The summed E-state index contributed by atoms with van der Waals surface area (Å²) >= 11 is 0. The van der Waals surface area contributed by atoms with E-state index in [1.54, 1.807) is 42.0 Å². The zero-order valence-corrected chi connectivity index (χ0v) is 93.7. The van der Waals surface area contributed by atoms with E-state index in [2.05, 4.69) is 329 Å². The molecule has 0 spiro atoms. The first-order chi connectivity index (χ1) is 63.9. The number of pyridine rings is 6. The van der Waals surface area contributed by atoms with Crippen LogP contribution in [0.15, 0.2) is 362 Å². The molecule has 3 aliphatic heterocycles.